The standard InChI is InChI=1S/C27H39N5O2/c1-18(2)11-7-5-4-6-10-14-32-23-16-21(28-17-20-12-8-9-13-20)19(3)15-22(23)29-24-25(32)30-27(34)31-26(24)33/h15-16,18,20,28H,4-14,17H2,1-3H3,(H,31,33,34). The average molecular weight is 466 g/mol. The van der Waals surface area contributed by atoms with Crippen LogP contribution in [0.3, 0.4) is 0 Å². The summed E-state index contributed by atoms with van der Waals surface area (Å²) in [4.78, 5) is 35.6. The minimum absolute atomic E-state index is 0.232. The summed E-state index contributed by atoms with van der Waals surface area (Å²) in [5, 5.41) is 3.65. The van der Waals surface area contributed by atoms with E-state index in [1.54, 1.807) is 0 Å². The summed E-state index contributed by atoms with van der Waals surface area (Å²) in [6.07, 6.45) is 12.3. The lowest BCUT2D eigenvalue weighted by Gasteiger charge is -2.19. The highest BCUT2D eigenvalue weighted by Crippen LogP contribution is 2.29. The second-order valence-electron chi connectivity index (χ2n) is 10.4. The van der Waals surface area contributed by atoms with E-state index in [9.17, 15) is 9.59 Å². The molecular weight excluding hydrogens is 426 g/mol. The molecule has 7 heteroatoms. The molecular formula is C27H39N5O2. The number of nitrogens with zero attached hydrogens (tertiary/aromatic N) is 3. The second kappa shape index (κ2) is 11.2. The molecule has 0 unspecified atom stereocenters. The van der Waals surface area contributed by atoms with Crippen molar-refractivity contribution < 1.29 is 0 Å². The lowest BCUT2D eigenvalue weighted by molar-refractivity contribution is 0.506. The number of rotatable bonds is 11. The number of anilines is 1. The third-order valence-electron chi connectivity index (χ3n) is 7.17. The van der Waals surface area contributed by atoms with E-state index in [4.69, 9.17) is 0 Å². The number of nitrogens with one attached hydrogen (secondary N) is 2. The van der Waals surface area contributed by atoms with Crippen LogP contribution in [0.25, 0.3) is 22.6 Å². The Kier molecular flexibility index (Phi) is 8.01. The highest BCUT2D eigenvalue weighted by molar-refractivity contribution is 5.84. The van der Waals surface area contributed by atoms with Gasteiger partial charge in [-0.3, -0.25) is 9.78 Å². The predicted octanol–water partition coefficient (Wildman–Crippen LogP) is 5.49. The Bertz CT molecular complexity index is 1190. The molecule has 0 saturated heterocycles. The number of hydrogen-bond donors (Lipinski definition) is 2. The minimum atomic E-state index is -0.618. The molecule has 2 N–H and O–H groups in total. The lowest BCUT2D eigenvalue weighted by atomic mass is 10.0. The van der Waals surface area contributed by atoms with Gasteiger partial charge in [-0.2, -0.15) is 4.98 Å². The van der Waals surface area contributed by atoms with Gasteiger partial charge in [-0.15, -0.1) is 0 Å². The quantitative estimate of drug-likeness (QED) is 0.288. The molecule has 0 aromatic heterocycles. The minimum Gasteiger partial charge on any atom is -0.384 e. The number of aromatic amines is 1. The van der Waals surface area contributed by atoms with Crippen molar-refractivity contribution in [1.82, 2.24) is 19.5 Å². The number of unbranched alkanes of at least 4 members (excludes halogenated alkanes) is 4. The van der Waals surface area contributed by atoms with Crippen LogP contribution < -0.4 is 16.6 Å². The van der Waals surface area contributed by atoms with Gasteiger partial charge in [-0.1, -0.05) is 58.8 Å². The number of benzene rings is 1. The van der Waals surface area contributed by atoms with Crippen LogP contribution in [0.1, 0.15) is 83.6 Å². The van der Waals surface area contributed by atoms with Crippen LogP contribution in [-0.4, -0.2) is 26.1 Å². The first kappa shape index (κ1) is 24.4. The molecule has 1 aromatic carbocycles. The number of H-pyrrole nitrogens is 1. The molecule has 2 aliphatic heterocycles. The summed E-state index contributed by atoms with van der Waals surface area (Å²) in [5.41, 5.74) is 3.03. The van der Waals surface area contributed by atoms with Crippen LogP contribution in [0.15, 0.2) is 21.7 Å². The van der Waals surface area contributed by atoms with Gasteiger partial charge in [-0.05, 0) is 55.7 Å². The molecule has 0 radical (unpaired) electrons. The van der Waals surface area contributed by atoms with Crippen molar-refractivity contribution in [3.63, 3.8) is 0 Å². The van der Waals surface area contributed by atoms with Gasteiger partial charge in [0.1, 0.15) is 0 Å². The maximum atomic E-state index is 12.5. The third-order valence-corrected chi connectivity index (χ3v) is 7.17. The van der Waals surface area contributed by atoms with Crippen molar-refractivity contribution >= 4 is 16.7 Å². The number of aryl methyl sites for hydroxylation is 2. The molecule has 0 bridgehead atoms. The fourth-order valence-electron chi connectivity index (χ4n) is 5.18. The maximum absolute atomic E-state index is 12.5. The van der Waals surface area contributed by atoms with E-state index in [0.717, 1.165) is 53.5 Å². The largest absolute Gasteiger partial charge is 0.384 e. The Morgan fingerprint density at radius 2 is 1.79 bits per heavy atom. The summed E-state index contributed by atoms with van der Waals surface area (Å²) in [7, 11) is 0. The molecule has 3 aliphatic rings. The third kappa shape index (κ3) is 5.86. The Morgan fingerprint density at radius 1 is 1.06 bits per heavy atom. The van der Waals surface area contributed by atoms with Gasteiger partial charge in [0.05, 0.1) is 11.0 Å². The molecule has 7 nitrogen and oxygen atoms in total. The summed E-state index contributed by atoms with van der Waals surface area (Å²) in [6, 6.07) is 4.17. The van der Waals surface area contributed by atoms with Gasteiger partial charge in [0, 0.05) is 18.8 Å². The lowest BCUT2D eigenvalue weighted by Crippen LogP contribution is -2.29. The number of hydrogen-bond acceptors (Lipinski definition) is 5. The first-order chi connectivity index (χ1) is 16.4. The Labute approximate surface area is 201 Å². The fourth-order valence-corrected chi connectivity index (χ4v) is 5.18. The van der Waals surface area contributed by atoms with E-state index >= 15 is 0 Å². The molecule has 0 amide bonds. The number of fused-ring (bicyclic) bond motifs is 2. The van der Waals surface area contributed by atoms with E-state index in [0.29, 0.717) is 12.4 Å². The molecule has 1 saturated carbocycles. The zero-order chi connectivity index (χ0) is 24.1. The molecule has 0 spiro atoms. The van der Waals surface area contributed by atoms with Crippen LogP contribution in [0, 0.1) is 18.8 Å². The van der Waals surface area contributed by atoms with E-state index in [1.165, 1.54) is 51.4 Å². The zero-order valence-electron chi connectivity index (χ0n) is 21.0. The molecule has 0 atom stereocenters. The second-order valence-corrected chi connectivity index (χ2v) is 10.4. The molecule has 4 rings (SSSR count). The van der Waals surface area contributed by atoms with Crippen molar-refractivity contribution in [2.75, 3.05) is 11.9 Å². The molecule has 34 heavy (non-hydrogen) atoms. The van der Waals surface area contributed by atoms with Crippen molar-refractivity contribution in [1.29, 1.82) is 0 Å². The van der Waals surface area contributed by atoms with Crippen LogP contribution in [-0.2, 0) is 6.54 Å². The Balaban J connectivity index is 1.61. The van der Waals surface area contributed by atoms with Gasteiger partial charge >= 0.3 is 5.69 Å². The normalized spacial score (nSPS) is 14.6. The zero-order valence-corrected chi connectivity index (χ0v) is 21.0. The van der Waals surface area contributed by atoms with E-state index in [-0.39, 0.29) is 5.69 Å². The van der Waals surface area contributed by atoms with Crippen LogP contribution in [0.5, 0.6) is 0 Å². The molecule has 1 aromatic rings. The molecule has 1 fully saturated rings. The van der Waals surface area contributed by atoms with Gasteiger partial charge in [0.25, 0.3) is 5.56 Å². The summed E-state index contributed by atoms with van der Waals surface area (Å²) < 4.78 is 2.03. The summed E-state index contributed by atoms with van der Waals surface area (Å²) in [6.45, 7) is 8.31. The maximum Gasteiger partial charge on any atom is 0.349 e. The van der Waals surface area contributed by atoms with Crippen LogP contribution >= 0.6 is 0 Å². The van der Waals surface area contributed by atoms with Crippen molar-refractivity contribution in [3.05, 3.63) is 38.5 Å². The van der Waals surface area contributed by atoms with Gasteiger partial charge < -0.3 is 9.88 Å². The highest BCUT2D eigenvalue weighted by atomic mass is 16.2. The van der Waals surface area contributed by atoms with Crippen molar-refractivity contribution in [2.24, 2.45) is 11.8 Å². The first-order valence-electron chi connectivity index (χ1n) is 13.1. The Hall–Kier alpha value is -2.70. The SMILES string of the molecule is Cc1cc2nc3c(=O)[nH]c(=O)nc-3n(CCCCCCCC(C)C)c2cc1NCC1CCCC1. The van der Waals surface area contributed by atoms with Crippen LogP contribution in [0.2, 0.25) is 0 Å². The molecule has 1 aliphatic carbocycles. The Morgan fingerprint density at radius 3 is 2.56 bits per heavy atom. The first-order valence-corrected chi connectivity index (χ1v) is 13.1. The van der Waals surface area contributed by atoms with Crippen molar-refractivity contribution in [3.8, 4) is 11.5 Å². The van der Waals surface area contributed by atoms with Gasteiger partial charge in [0.2, 0.25) is 0 Å². The summed E-state index contributed by atoms with van der Waals surface area (Å²) in [5.74, 6) is 1.87. The summed E-state index contributed by atoms with van der Waals surface area (Å²) >= 11 is 0. The van der Waals surface area contributed by atoms with Gasteiger partial charge in [-0.25, -0.2) is 9.78 Å². The predicted molar refractivity (Wildman–Crippen MR) is 139 cm³/mol. The topological polar surface area (TPSA) is 92.7 Å². The number of aromatic nitrogens is 4. The van der Waals surface area contributed by atoms with E-state index in [1.807, 2.05) is 10.6 Å². The highest BCUT2D eigenvalue weighted by Gasteiger charge is 2.20. The van der Waals surface area contributed by atoms with E-state index < -0.39 is 11.2 Å². The van der Waals surface area contributed by atoms with Crippen LogP contribution in [0.4, 0.5) is 5.69 Å². The van der Waals surface area contributed by atoms with Crippen molar-refractivity contribution in [2.45, 2.75) is 91.5 Å². The monoisotopic (exact) mass is 465 g/mol. The molecule has 184 valence electrons. The van der Waals surface area contributed by atoms with E-state index in [2.05, 4.69) is 47.1 Å². The smallest absolute Gasteiger partial charge is 0.349 e. The van der Waals surface area contributed by atoms with Gasteiger partial charge in [0.15, 0.2) is 11.5 Å². The fraction of sp³-hybridized carbons (Fsp3) is 0.630. The molecule has 2 heterocycles. The average Bonchev–Trinajstić information content (AvgIpc) is 3.30.